The van der Waals surface area contributed by atoms with Crippen molar-refractivity contribution in [1.82, 2.24) is 10.6 Å². The summed E-state index contributed by atoms with van der Waals surface area (Å²) in [7, 11) is -3.67. The summed E-state index contributed by atoms with van der Waals surface area (Å²) in [5.41, 5.74) is 0. The molecule has 1 aliphatic rings. The Hall–Kier alpha value is -0.900. The molecule has 0 bridgehead atoms. The van der Waals surface area contributed by atoms with Gasteiger partial charge in [-0.05, 0) is 31.9 Å². The van der Waals surface area contributed by atoms with Crippen LogP contribution in [0.25, 0.3) is 0 Å². The van der Waals surface area contributed by atoms with E-state index in [1.165, 1.54) is 37.5 Å². The van der Waals surface area contributed by atoms with Crippen LogP contribution >= 0.6 is 24.0 Å². The highest BCUT2D eigenvalue weighted by Crippen LogP contribution is 2.17. The second kappa shape index (κ2) is 10.9. The van der Waals surface area contributed by atoms with E-state index in [-0.39, 0.29) is 41.2 Å². The molecule has 1 fully saturated rings. The van der Waals surface area contributed by atoms with Crippen LogP contribution in [0, 0.1) is 5.82 Å². The number of aliphatic imine (C=N–C) groups is 1. The van der Waals surface area contributed by atoms with Crippen molar-refractivity contribution in [3.05, 3.63) is 30.1 Å². The fourth-order valence-electron chi connectivity index (χ4n) is 2.84. The fraction of sp³-hybridized carbons (Fsp3) is 0.588. The summed E-state index contributed by atoms with van der Waals surface area (Å²) in [5.74, 6) is -0.295. The highest BCUT2D eigenvalue weighted by Gasteiger charge is 2.19. The van der Waals surface area contributed by atoms with Crippen molar-refractivity contribution in [2.24, 2.45) is 4.99 Å². The summed E-state index contributed by atoms with van der Waals surface area (Å²) in [5, 5.41) is 6.50. The fourth-order valence-corrected chi connectivity index (χ4v) is 4.05. The van der Waals surface area contributed by atoms with Gasteiger partial charge in [0.1, 0.15) is 10.7 Å². The van der Waals surface area contributed by atoms with Gasteiger partial charge in [-0.15, -0.1) is 24.0 Å². The van der Waals surface area contributed by atoms with E-state index in [2.05, 4.69) is 15.6 Å². The average Bonchev–Trinajstić information content (AvgIpc) is 2.56. The zero-order valence-corrected chi connectivity index (χ0v) is 17.6. The maximum absolute atomic E-state index is 13.7. The molecule has 1 aromatic rings. The van der Waals surface area contributed by atoms with Gasteiger partial charge in [0.25, 0.3) is 0 Å². The van der Waals surface area contributed by atoms with Crippen molar-refractivity contribution in [2.45, 2.75) is 50.0 Å². The molecule has 0 amide bonds. The minimum atomic E-state index is -3.67. The standard InChI is InChI=1S/C17H26FN3O2S.HI/c1-2-19-17(21-14-8-4-3-5-9-14)20-12-13-24(22,23)16-11-7-6-10-15(16)18;/h6-7,10-11,14H,2-5,8-9,12-13H2,1H3,(H2,19,20,21);1H. The first-order valence-corrected chi connectivity index (χ1v) is 10.2. The molecule has 142 valence electrons. The molecule has 1 aromatic carbocycles. The van der Waals surface area contributed by atoms with Gasteiger partial charge in [-0.3, -0.25) is 4.99 Å². The number of halogens is 2. The Kier molecular flexibility index (Phi) is 9.70. The van der Waals surface area contributed by atoms with Gasteiger partial charge in [-0.25, -0.2) is 12.8 Å². The molecular weight excluding hydrogens is 456 g/mol. The second-order valence-electron chi connectivity index (χ2n) is 5.99. The predicted molar refractivity (Wildman–Crippen MR) is 110 cm³/mol. The van der Waals surface area contributed by atoms with Crippen LogP contribution in [0.15, 0.2) is 34.2 Å². The Bertz CT molecular complexity index is 662. The van der Waals surface area contributed by atoms with Crippen molar-refractivity contribution in [3.63, 3.8) is 0 Å². The predicted octanol–water partition coefficient (Wildman–Crippen LogP) is 3.11. The van der Waals surface area contributed by atoms with Gasteiger partial charge < -0.3 is 10.6 Å². The highest BCUT2D eigenvalue weighted by atomic mass is 127. The largest absolute Gasteiger partial charge is 0.357 e. The van der Waals surface area contributed by atoms with Crippen molar-refractivity contribution >= 4 is 39.8 Å². The molecular formula is C17H27FIN3O2S. The number of nitrogens with zero attached hydrogens (tertiary/aromatic N) is 1. The van der Waals surface area contributed by atoms with Crippen molar-refractivity contribution in [2.75, 3.05) is 18.8 Å². The minimum Gasteiger partial charge on any atom is -0.357 e. The van der Waals surface area contributed by atoms with E-state index in [1.54, 1.807) is 0 Å². The van der Waals surface area contributed by atoms with E-state index in [4.69, 9.17) is 0 Å². The Morgan fingerprint density at radius 1 is 1.24 bits per heavy atom. The molecule has 5 nitrogen and oxygen atoms in total. The first kappa shape index (κ1) is 22.1. The van der Waals surface area contributed by atoms with Crippen molar-refractivity contribution in [3.8, 4) is 0 Å². The zero-order chi connectivity index (χ0) is 17.4. The molecule has 0 radical (unpaired) electrons. The van der Waals surface area contributed by atoms with Crippen LogP contribution in [0.5, 0.6) is 0 Å². The maximum Gasteiger partial charge on any atom is 0.191 e. The lowest BCUT2D eigenvalue weighted by atomic mass is 9.96. The van der Waals surface area contributed by atoms with E-state index >= 15 is 0 Å². The summed E-state index contributed by atoms with van der Waals surface area (Å²) in [4.78, 5) is 4.08. The Morgan fingerprint density at radius 2 is 1.92 bits per heavy atom. The number of nitrogens with one attached hydrogen (secondary N) is 2. The molecule has 0 unspecified atom stereocenters. The molecule has 1 aliphatic carbocycles. The average molecular weight is 483 g/mol. The van der Waals surface area contributed by atoms with Gasteiger partial charge >= 0.3 is 0 Å². The molecule has 25 heavy (non-hydrogen) atoms. The smallest absolute Gasteiger partial charge is 0.191 e. The summed E-state index contributed by atoms with van der Waals surface area (Å²) in [6, 6.07) is 5.84. The molecule has 0 heterocycles. The summed E-state index contributed by atoms with van der Waals surface area (Å²) in [6.07, 6.45) is 5.90. The Balaban J connectivity index is 0.00000312. The lowest BCUT2D eigenvalue weighted by Gasteiger charge is -2.24. The molecule has 0 aromatic heterocycles. The SMILES string of the molecule is CCNC(=NCCS(=O)(=O)c1ccccc1F)NC1CCCCC1.I. The maximum atomic E-state index is 13.7. The zero-order valence-electron chi connectivity index (χ0n) is 14.5. The summed E-state index contributed by atoms with van der Waals surface area (Å²) >= 11 is 0. The van der Waals surface area contributed by atoms with Gasteiger partial charge in [0, 0.05) is 12.6 Å². The quantitative estimate of drug-likeness (QED) is 0.371. The van der Waals surface area contributed by atoms with E-state index in [9.17, 15) is 12.8 Å². The van der Waals surface area contributed by atoms with Crippen molar-refractivity contribution in [1.29, 1.82) is 0 Å². The second-order valence-corrected chi connectivity index (χ2v) is 8.07. The number of hydrogen-bond acceptors (Lipinski definition) is 3. The number of sulfone groups is 1. The third-order valence-corrected chi connectivity index (χ3v) is 5.81. The van der Waals surface area contributed by atoms with Gasteiger partial charge in [0.2, 0.25) is 0 Å². The third kappa shape index (κ3) is 7.08. The van der Waals surface area contributed by atoms with Crippen LogP contribution in [0.3, 0.4) is 0 Å². The molecule has 8 heteroatoms. The molecule has 0 saturated heterocycles. The third-order valence-electron chi connectivity index (χ3n) is 4.09. The lowest BCUT2D eigenvalue weighted by molar-refractivity contribution is 0.410. The number of guanidine groups is 1. The van der Waals surface area contributed by atoms with Gasteiger partial charge in [-0.2, -0.15) is 0 Å². The normalized spacial score (nSPS) is 16.2. The lowest BCUT2D eigenvalue weighted by Crippen LogP contribution is -2.44. The number of rotatable bonds is 6. The minimum absolute atomic E-state index is 0. The number of benzene rings is 1. The molecule has 1 saturated carbocycles. The van der Waals surface area contributed by atoms with E-state index in [0.717, 1.165) is 18.9 Å². The van der Waals surface area contributed by atoms with E-state index in [1.807, 2.05) is 6.92 Å². The highest BCUT2D eigenvalue weighted by molar-refractivity contribution is 14.0. The first-order chi connectivity index (χ1) is 11.5. The van der Waals surface area contributed by atoms with Gasteiger partial charge in [0.15, 0.2) is 15.8 Å². The van der Waals surface area contributed by atoms with Crippen LogP contribution in [-0.4, -0.2) is 39.3 Å². The molecule has 0 spiro atoms. The van der Waals surface area contributed by atoms with Crippen LogP contribution < -0.4 is 10.6 Å². The Labute approximate surface area is 166 Å². The Morgan fingerprint density at radius 3 is 2.56 bits per heavy atom. The van der Waals surface area contributed by atoms with Gasteiger partial charge in [-0.1, -0.05) is 31.4 Å². The molecule has 2 rings (SSSR count). The van der Waals surface area contributed by atoms with Crippen LogP contribution in [0.4, 0.5) is 4.39 Å². The van der Waals surface area contributed by atoms with E-state index < -0.39 is 15.7 Å². The van der Waals surface area contributed by atoms with Crippen LogP contribution in [0.2, 0.25) is 0 Å². The van der Waals surface area contributed by atoms with Gasteiger partial charge in [0.05, 0.1) is 12.3 Å². The van der Waals surface area contributed by atoms with Crippen LogP contribution in [0.1, 0.15) is 39.0 Å². The summed E-state index contributed by atoms with van der Waals surface area (Å²) in [6.45, 7) is 2.77. The molecule has 0 atom stereocenters. The molecule has 2 N–H and O–H groups in total. The number of hydrogen-bond donors (Lipinski definition) is 2. The van der Waals surface area contributed by atoms with Crippen LogP contribution in [-0.2, 0) is 9.84 Å². The molecule has 0 aliphatic heterocycles. The summed E-state index contributed by atoms with van der Waals surface area (Å²) < 4.78 is 38.1. The topological polar surface area (TPSA) is 70.6 Å². The van der Waals surface area contributed by atoms with Crippen molar-refractivity contribution < 1.29 is 12.8 Å². The first-order valence-electron chi connectivity index (χ1n) is 8.55. The monoisotopic (exact) mass is 483 g/mol. The van der Waals surface area contributed by atoms with E-state index in [0.29, 0.717) is 18.5 Å².